The SMILES string of the molecule is Nc1cccc(CN(C(=O)c2cnns2)C2CC2)c1. The average molecular weight is 274 g/mol. The summed E-state index contributed by atoms with van der Waals surface area (Å²) in [4.78, 5) is 14.9. The molecule has 98 valence electrons. The van der Waals surface area contributed by atoms with Crippen molar-refractivity contribution in [2.24, 2.45) is 0 Å². The lowest BCUT2D eigenvalue weighted by Gasteiger charge is -2.21. The molecule has 1 saturated carbocycles. The maximum absolute atomic E-state index is 12.4. The fourth-order valence-electron chi connectivity index (χ4n) is 2.04. The number of benzene rings is 1. The largest absolute Gasteiger partial charge is 0.399 e. The number of hydrogen-bond acceptors (Lipinski definition) is 5. The van der Waals surface area contributed by atoms with Gasteiger partial charge in [-0.2, -0.15) is 0 Å². The predicted molar refractivity (Wildman–Crippen MR) is 73.7 cm³/mol. The van der Waals surface area contributed by atoms with Gasteiger partial charge in [0.2, 0.25) is 0 Å². The van der Waals surface area contributed by atoms with E-state index in [1.54, 1.807) is 0 Å². The Morgan fingerprint density at radius 1 is 1.47 bits per heavy atom. The Kier molecular flexibility index (Phi) is 3.16. The lowest BCUT2D eigenvalue weighted by molar-refractivity contribution is 0.0734. The van der Waals surface area contributed by atoms with Gasteiger partial charge in [0.05, 0.1) is 6.20 Å². The van der Waals surface area contributed by atoms with E-state index in [2.05, 4.69) is 9.59 Å². The van der Waals surface area contributed by atoms with Gasteiger partial charge in [-0.15, -0.1) is 5.10 Å². The van der Waals surface area contributed by atoms with Crippen LogP contribution < -0.4 is 5.73 Å². The zero-order valence-electron chi connectivity index (χ0n) is 10.3. The second-order valence-corrected chi connectivity index (χ2v) is 5.48. The van der Waals surface area contributed by atoms with Crippen molar-refractivity contribution in [2.45, 2.75) is 25.4 Å². The lowest BCUT2D eigenvalue weighted by atomic mass is 10.2. The third-order valence-corrected chi connectivity index (χ3v) is 3.78. The summed E-state index contributed by atoms with van der Waals surface area (Å²) in [5.41, 5.74) is 7.55. The number of anilines is 1. The van der Waals surface area contributed by atoms with E-state index < -0.39 is 0 Å². The second kappa shape index (κ2) is 4.97. The first kappa shape index (κ1) is 12.1. The third-order valence-electron chi connectivity index (χ3n) is 3.12. The Bertz CT molecular complexity index is 580. The van der Waals surface area contributed by atoms with Crippen molar-refractivity contribution in [2.75, 3.05) is 5.73 Å². The Morgan fingerprint density at radius 2 is 2.32 bits per heavy atom. The second-order valence-electron chi connectivity index (χ2n) is 4.69. The van der Waals surface area contributed by atoms with Gasteiger partial charge in [-0.25, -0.2) is 0 Å². The van der Waals surface area contributed by atoms with Gasteiger partial charge >= 0.3 is 0 Å². The number of nitrogens with two attached hydrogens (primary N) is 1. The first-order valence-corrected chi connectivity index (χ1v) is 6.94. The van der Waals surface area contributed by atoms with Gasteiger partial charge in [0.15, 0.2) is 0 Å². The van der Waals surface area contributed by atoms with Crippen LogP contribution >= 0.6 is 11.5 Å². The van der Waals surface area contributed by atoms with Gasteiger partial charge in [-0.1, -0.05) is 16.6 Å². The Morgan fingerprint density at radius 3 is 2.95 bits per heavy atom. The Balaban J connectivity index is 1.80. The standard InChI is InChI=1S/C13H14N4OS/c14-10-3-1-2-9(6-10)8-17(11-4-5-11)13(18)12-7-15-16-19-12/h1-3,6-7,11H,4-5,8,14H2. The molecular formula is C13H14N4OS. The van der Waals surface area contributed by atoms with E-state index in [0.29, 0.717) is 17.5 Å². The summed E-state index contributed by atoms with van der Waals surface area (Å²) in [5.74, 6) is 0.0138. The van der Waals surface area contributed by atoms with E-state index in [1.165, 1.54) is 6.20 Å². The highest BCUT2D eigenvalue weighted by molar-refractivity contribution is 7.07. The molecule has 1 heterocycles. The molecule has 0 aliphatic heterocycles. The number of nitrogens with zero attached hydrogens (tertiary/aromatic N) is 3. The number of rotatable bonds is 4. The molecule has 1 amide bonds. The molecule has 0 spiro atoms. The molecule has 0 unspecified atom stereocenters. The topological polar surface area (TPSA) is 72.1 Å². The van der Waals surface area contributed by atoms with Gasteiger partial charge in [0.25, 0.3) is 5.91 Å². The lowest BCUT2D eigenvalue weighted by Crippen LogP contribution is -2.32. The molecule has 1 aliphatic carbocycles. The molecule has 0 bridgehead atoms. The molecule has 1 aliphatic rings. The van der Waals surface area contributed by atoms with E-state index in [-0.39, 0.29) is 5.91 Å². The molecule has 2 N–H and O–H groups in total. The summed E-state index contributed by atoms with van der Waals surface area (Å²) in [7, 11) is 0. The minimum atomic E-state index is 0.0138. The molecule has 1 aromatic carbocycles. The van der Waals surface area contributed by atoms with E-state index in [0.717, 1.165) is 35.6 Å². The zero-order valence-corrected chi connectivity index (χ0v) is 11.1. The zero-order chi connectivity index (χ0) is 13.2. The van der Waals surface area contributed by atoms with E-state index in [9.17, 15) is 4.79 Å². The predicted octanol–water partition coefficient (Wildman–Crippen LogP) is 1.93. The van der Waals surface area contributed by atoms with E-state index in [1.807, 2.05) is 29.2 Å². The molecule has 19 heavy (non-hydrogen) atoms. The van der Waals surface area contributed by atoms with Crippen LogP contribution in [0.1, 0.15) is 28.1 Å². The van der Waals surface area contributed by atoms with Crippen molar-refractivity contribution in [1.82, 2.24) is 14.5 Å². The molecule has 5 nitrogen and oxygen atoms in total. The maximum atomic E-state index is 12.4. The first-order chi connectivity index (χ1) is 9.24. The van der Waals surface area contributed by atoms with Crippen molar-refractivity contribution in [3.05, 3.63) is 40.9 Å². The monoisotopic (exact) mass is 274 g/mol. The van der Waals surface area contributed by atoms with Gasteiger partial charge in [0.1, 0.15) is 4.88 Å². The smallest absolute Gasteiger partial charge is 0.267 e. The van der Waals surface area contributed by atoms with Crippen LogP contribution in [0.15, 0.2) is 30.5 Å². The van der Waals surface area contributed by atoms with Gasteiger partial charge in [-0.3, -0.25) is 4.79 Å². The molecule has 3 rings (SSSR count). The highest BCUT2D eigenvalue weighted by atomic mass is 32.1. The number of carbonyl (C=O) groups excluding carboxylic acids is 1. The number of carbonyl (C=O) groups is 1. The Labute approximate surface area is 115 Å². The molecule has 0 saturated heterocycles. The maximum Gasteiger partial charge on any atom is 0.267 e. The molecule has 1 aromatic heterocycles. The quantitative estimate of drug-likeness (QED) is 0.865. The Hall–Kier alpha value is -1.95. The highest BCUT2D eigenvalue weighted by Gasteiger charge is 2.33. The van der Waals surface area contributed by atoms with Crippen LogP contribution in [0.2, 0.25) is 0 Å². The number of nitrogen functional groups attached to an aromatic ring is 1. The number of aromatic nitrogens is 2. The summed E-state index contributed by atoms with van der Waals surface area (Å²) < 4.78 is 3.75. The average Bonchev–Trinajstić information content (AvgIpc) is 3.09. The molecule has 6 heteroatoms. The first-order valence-electron chi connectivity index (χ1n) is 6.17. The summed E-state index contributed by atoms with van der Waals surface area (Å²) in [6.45, 7) is 0.590. The van der Waals surface area contributed by atoms with Gasteiger partial charge in [-0.05, 0) is 42.1 Å². The van der Waals surface area contributed by atoms with Crippen molar-refractivity contribution in [3.63, 3.8) is 0 Å². The summed E-state index contributed by atoms with van der Waals surface area (Å²) in [5, 5.41) is 3.73. The van der Waals surface area contributed by atoms with Gasteiger partial charge in [0, 0.05) is 18.3 Å². The van der Waals surface area contributed by atoms with E-state index >= 15 is 0 Å². The fraction of sp³-hybridized carbons (Fsp3) is 0.308. The summed E-state index contributed by atoms with van der Waals surface area (Å²) in [6.07, 6.45) is 3.67. The minimum absolute atomic E-state index is 0.0138. The van der Waals surface area contributed by atoms with Crippen LogP contribution in [0.4, 0.5) is 5.69 Å². The number of amides is 1. The van der Waals surface area contributed by atoms with Crippen LogP contribution in [-0.4, -0.2) is 26.4 Å². The molecule has 0 atom stereocenters. The summed E-state index contributed by atoms with van der Waals surface area (Å²) in [6, 6.07) is 8.00. The van der Waals surface area contributed by atoms with Crippen molar-refractivity contribution >= 4 is 23.1 Å². The molecular weight excluding hydrogens is 260 g/mol. The van der Waals surface area contributed by atoms with Crippen molar-refractivity contribution in [1.29, 1.82) is 0 Å². The normalized spacial score (nSPS) is 14.3. The van der Waals surface area contributed by atoms with E-state index in [4.69, 9.17) is 5.73 Å². The van der Waals surface area contributed by atoms with Crippen LogP contribution in [0, 0.1) is 0 Å². The highest BCUT2D eigenvalue weighted by Crippen LogP contribution is 2.30. The molecule has 0 radical (unpaired) electrons. The van der Waals surface area contributed by atoms with Crippen LogP contribution in [-0.2, 0) is 6.54 Å². The summed E-state index contributed by atoms with van der Waals surface area (Å²) >= 11 is 1.14. The van der Waals surface area contributed by atoms with Crippen LogP contribution in [0.25, 0.3) is 0 Å². The third kappa shape index (κ3) is 2.73. The van der Waals surface area contributed by atoms with Crippen LogP contribution in [0.5, 0.6) is 0 Å². The molecule has 2 aromatic rings. The van der Waals surface area contributed by atoms with Crippen molar-refractivity contribution < 1.29 is 4.79 Å². The van der Waals surface area contributed by atoms with Crippen LogP contribution in [0.3, 0.4) is 0 Å². The molecule has 1 fully saturated rings. The number of hydrogen-bond donors (Lipinski definition) is 1. The van der Waals surface area contributed by atoms with Gasteiger partial charge < -0.3 is 10.6 Å². The fourth-order valence-corrected chi connectivity index (χ4v) is 2.52. The minimum Gasteiger partial charge on any atom is -0.399 e. The van der Waals surface area contributed by atoms with Crippen molar-refractivity contribution in [3.8, 4) is 0 Å².